The zero-order chi connectivity index (χ0) is 16.9. The topological polar surface area (TPSA) is 46.1 Å². The van der Waals surface area contributed by atoms with Gasteiger partial charge in [0.1, 0.15) is 0 Å². The minimum absolute atomic E-state index is 0. The molecular formula is C18H36IN3O2. The summed E-state index contributed by atoms with van der Waals surface area (Å²) >= 11 is 0. The van der Waals surface area contributed by atoms with E-state index >= 15 is 0 Å². The van der Waals surface area contributed by atoms with Crippen molar-refractivity contribution in [2.24, 2.45) is 16.3 Å². The highest BCUT2D eigenvalue weighted by Gasteiger charge is 2.49. The molecule has 0 bridgehead atoms. The average molecular weight is 453 g/mol. The summed E-state index contributed by atoms with van der Waals surface area (Å²) in [5.74, 6) is 1.61. The monoisotopic (exact) mass is 453 g/mol. The lowest BCUT2D eigenvalue weighted by molar-refractivity contribution is -0.114. The molecule has 1 aliphatic carbocycles. The van der Waals surface area contributed by atoms with E-state index in [1.807, 2.05) is 7.05 Å². The Kier molecular flexibility index (Phi) is 9.30. The number of nitrogens with zero attached hydrogens (tertiary/aromatic N) is 2. The van der Waals surface area contributed by atoms with Crippen LogP contribution >= 0.6 is 24.0 Å². The van der Waals surface area contributed by atoms with E-state index in [2.05, 4.69) is 43.0 Å². The predicted molar refractivity (Wildman–Crippen MR) is 110 cm³/mol. The van der Waals surface area contributed by atoms with E-state index in [4.69, 9.17) is 9.47 Å². The highest BCUT2D eigenvalue weighted by atomic mass is 127. The standard InChI is InChI=1S/C18H35N3O2.HI/c1-6-7-9-23-16-11-15(18(16,2)3)20-17(19-4)21(5)12-14-8-10-22-13-14;/h14-16H,6-13H2,1-5H3,(H,19,20);1H. The van der Waals surface area contributed by atoms with Crippen LogP contribution in [0, 0.1) is 11.3 Å². The van der Waals surface area contributed by atoms with Crippen LogP contribution in [0.3, 0.4) is 0 Å². The van der Waals surface area contributed by atoms with Gasteiger partial charge in [-0.2, -0.15) is 0 Å². The minimum atomic E-state index is 0. The van der Waals surface area contributed by atoms with Gasteiger partial charge in [0.15, 0.2) is 5.96 Å². The molecule has 1 saturated heterocycles. The Morgan fingerprint density at radius 3 is 2.71 bits per heavy atom. The molecule has 0 aromatic rings. The molecule has 1 heterocycles. The number of rotatable bonds is 7. The zero-order valence-electron chi connectivity index (χ0n) is 16.0. The predicted octanol–water partition coefficient (Wildman–Crippen LogP) is 3.13. The Balaban J connectivity index is 0.00000288. The maximum absolute atomic E-state index is 6.04. The molecular weight excluding hydrogens is 417 g/mol. The summed E-state index contributed by atoms with van der Waals surface area (Å²) in [6.07, 6.45) is 4.92. The Morgan fingerprint density at radius 2 is 2.17 bits per heavy atom. The summed E-state index contributed by atoms with van der Waals surface area (Å²) in [6.45, 7) is 10.5. The van der Waals surface area contributed by atoms with Crippen LogP contribution in [0.4, 0.5) is 0 Å². The SMILES string of the molecule is CCCCOC1CC(NC(=NC)N(C)CC2CCOC2)C1(C)C.I. The van der Waals surface area contributed by atoms with Gasteiger partial charge in [0, 0.05) is 51.2 Å². The van der Waals surface area contributed by atoms with E-state index in [-0.39, 0.29) is 29.4 Å². The summed E-state index contributed by atoms with van der Waals surface area (Å²) in [6, 6.07) is 0.426. The van der Waals surface area contributed by atoms with Crippen LogP contribution < -0.4 is 5.32 Å². The van der Waals surface area contributed by atoms with E-state index in [1.54, 1.807) is 0 Å². The Hall–Kier alpha value is -0.0800. The third-order valence-electron chi connectivity index (χ3n) is 5.43. The zero-order valence-corrected chi connectivity index (χ0v) is 18.3. The fraction of sp³-hybridized carbons (Fsp3) is 0.944. The maximum Gasteiger partial charge on any atom is 0.193 e. The van der Waals surface area contributed by atoms with Crippen molar-refractivity contribution in [3.05, 3.63) is 0 Å². The van der Waals surface area contributed by atoms with Crippen LogP contribution in [0.15, 0.2) is 4.99 Å². The van der Waals surface area contributed by atoms with Crippen molar-refractivity contribution in [1.82, 2.24) is 10.2 Å². The van der Waals surface area contributed by atoms with Crippen LogP contribution in [0.5, 0.6) is 0 Å². The van der Waals surface area contributed by atoms with Gasteiger partial charge in [-0.05, 0) is 19.3 Å². The highest BCUT2D eigenvalue weighted by molar-refractivity contribution is 14.0. The average Bonchev–Trinajstić information content (AvgIpc) is 3.02. The van der Waals surface area contributed by atoms with E-state index in [9.17, 15) is 0 Å². The lowest BCUT2D eigenvalue weighted by Crippen LogP contribution is -2.63. The number of halogens is 1. The van der Waals surface area contributed by atoms with Crippen molar-refractivity contribution in [2.75, 3.05) is 40.5 Å². The molecule has 3 unspecified atom stereocenters. The van der Waals surface area contributed by atoms with E-state index in [0.29, 0.717) is 18.1 Å². The van der Waals surface area contributed by atoms with Gasteiger partial charge < -0.3 is 19.7 Å². The van der Waals surface area contributed by atoms with Gasteiger partial charge in [-0.25, -0.2) is 0 Å². The smallest absolute Gasteiger partial charge is 0.193 e. The molecule has 0 spiro atoms. The van der Waals surface area contributed by atoms with Crippen molar-refractivity contribution in [3.63, 3.8) is 0 Å². The Bertz CT molecular complexity index is 398. The number of hydrogen-bond donors (Lipinski definition) is 1. The van der Waals surface area contributed by atoms with Crippen molar-refractivity contribution in [1.29, 1.82) is 0 Å². The van der Waals surface area contributed by atoms with Crippen LogP contribution in [0.2, 0.25) is 0 Å². The molecule has 0 radical (unpaired) electrons. The van der Waals surface area contributed by atoms with E-state index in [1.165, 1.54) is 6.42 Å². The van der Waals surface area contributed by atoms with Gasteiger partial charge in [-0.3, -0.25) is 4.99 Å². The minimum Gasteiger partial charge on any atom is -0.381 e. The molecule has 3 atom stereocenters. The first-order valence-corrected chi connectivity index (χ1v) is 9.12. The molecule has 2 fully saturated rings. The molecule has 1 N–H and O–H groups in total. The van der Waals surface area contributed by atoms with Gasteiger partial charge in [0.05, 0.1) is 12.7 Å². The van der Waals surface area contributed by atoms with Gasteiger partial charge in [0.25, 0.3) is 0 Å². The fourth-order valence-electron chi connectivity index (χ4n) is 3.49. The summed E-state index contributed by atoms with van der Waals surface area (Å²) < 4.78 is 11.5. The van der Waals surface area contributed by atoms with Crippen molar-refractivity contribution >= 4 is 29.9 Å². The Morgan fingerprint density at radius 1 is 1.42 bits per heavy atom. The van der Waals surface area contributed by atoms with Crippen LogP contribution in [-0.4, -0.2) is 63.5 Å². The fourth-order valence-corrected chi connectivity index (χ4v) is 3.49. The summed E-state index contributed by atoms with van der Waals surface area (Å²) in [5, 5.41) is 3.64. The lowest BCUT2D eigenvalue weighted by Gasteiger charge is -2.52. The van der Waals surface area contributed by atoms with Gasteiger partial charge in [-0.15, -0.1) is 24.0 Å². The van der Waals surface area contributed by atoms with Crippen LogP contribution in [0.1, 0.15) is 46.5 Å². The van der Waals surface area contributed by atoms with Crippen molar-refractivity contribution in [2.45, 2.75) is 58.6 Å². The number of ether oxygens (including phenoxy) is 2. The largest absolute Gasteiger partial charge is 0.381 e. The number of aliphatic imine (C=N–C) groups is 1. The molecule has 0 aromatic heterocycles. The van der Waals surface area contributed by atoms with Gasteiger partial charge in [0.2, 0.25) is 0 Å². The van der Waals surface area contributed by atoms with Crippen LogP contribution in [-0.2, 0) is 9.47 Å². The molecule has 1 saturated carbocycles. The second-order valence-electron chi connectivity index (χ2n) is 7.62. The number of hydrogen-bond acceptors (Lipinski definition) is 3. The number of unbranched alkanes of at least 4 members (excludes halogenated alkanes) is 1. The third-order valence-corrected chi connectivity index (χ3v) is 5.43. The second-order valence-corrected chi connectivity index (χ2v) is 7.62. The molecule has 5 nitrogen and oxygen atoms in total. The number of nitrogens with one attached hydrogen (secondary N) is 1. The normalized spacial score (nSPS) is 28.9. The van der Waals surface area contributed by atoms with Crippen molar-refractivity contribution < 1.29 is 9.47 Å². The molecule has 2 rings (SSSR count). The molecule has 1 aliphatic heterocycles. The molecule has 0 amide bonds. The lowest BCUT2D eigenvalue weighted by atomic mass is 9.64. The van der Waals surface area contributed by atoms with Gasteiger partial charge in [-0.1, -0.05) is 27.2 Å². The third kappa shape index (κ3) is 5.46. The summed E-state index contributed by atoms with van der Waals surface area (Å²) in [4.78, 5) is 6.70. The number of guanidine groups is 1. The van der Waals surface area contributed by atoms with Crippen LogP contribution in [0.25, 0.3) is 0 Å². The molecule has 2 aliphatic rings. The first-order valence-electron chi connectivity index (χ1n) is 9.12. The molecule has 142 valence electrons. The first-order chi connectivity index (χ1) is 11.0. The maximum atomic E-state index is 6.04. The second kappa shape index (κ2) is 10.2. The molecule has 0 aromatic carbocycles. The molecule has 24 heavy (non-hydrogen) atoms. The van der Waals surface area contributed by atoms with Gasteiger partial charge >= 0.3 is 0 Å². The summed E-state index contributed by atoms with van der Waals surface area (Å²) in [5.41, 5.74) is 0.154. The van der Waals surface area contributed by atoms with E-state index < -0.39 is 0 Å². The van der Waals surface area contributed by atoms with Crippen molar-refractivity contribution in [3.8, 4) is 0 Å². The quantitative estimate of drug-likeness (QED) is 0.279. The Labute approximate surface area is 165 Å². The molecule has 6 heteroatoms. The highest BCUT2D eigenvalue weighted by Crippen LogP contribution is 2.42. The summed E-state index contributed by atoms with van der Waals surface area (Å²) in [7, 11) is 3.99. The van der Waals surface area contributed by atoms with E-state index in [0.717, 1.165) is 51.6 Å². The first kappa shape index (κ1) is 22.0.